The molecule has 122 valence electrons. The fourth-order valence-corrected chi connectivity index (χ4v) is 2.76. The maximum Gasteiger partial charge on any atom is 0.226 e. The summed E-state index contributed by atoms with van der Waals surface area (Å²) in [6.45, 7) is 8.90. The molecule has 0 saturated heterocycles. The Bertz CT molecular complexity index is 652. The third-order valence-electron chi connectivity index (χ3n) is 3.98. The van der Waals surface area contributed by atoms with Gasteiger partial charge in [-0.05, 0) is 56.0 Å². The number of rotatable bonds is 6. The van der Waals surface area contributed by atoms with E-state index in [1.54, 1.807) is 0 Å². The van der Waals surface area contributed by atoms with Crippen LogP contribution in [-0.2, 0) is 11.2 Å². The predicted octanol–water partition coefficient (Wildman–Crippen LogP) is 4.61. The Morgan fingerprint density at radius 2 is 1.61 bits per heavy atom. The van der Waals surface area contributed by atoms with Crippen LogP contribution >= 0.6 is 0 Å². The molecular formula is C20H26N2O. The quantitative estimate of drug-likeness (QED) is 0.817. The molecule has 0 bridgehead atoms. The molecule has 0 saturated carbocycles. The molecule has 2 rings (SSSR count). The molecule has 2 N–H and O–H groups in total. The minimum Gasteiger partial charge on any atom is -0.385 e. The molecular weight excluding hydrogens is 284 g/mol. The number of amides is 1. The number of carbonyl (C=O) groups is 1. The average Bonchev–Trinajstić information content (AvgIpc) is 2.51. The molecule has 0 aliphatic carbocycles. The van der Waals surface area contributed by atoms with Crippen molar-refractivity contribution in [3.05, 3.63) is 58.7 Å². The number of aryl methyl sites for hydroxylation is 4. The molecule has 0 aliphatic heterocycles. The number of hydrogen-bond acceptors (Lipinski definition) is 2. The zero-order chi connectivity index (χ0) is 16.8. The van der Waals surface area contributed by atoms with Gasteiger partial charge in [0, 0.05) is 24.3 Å². The van der Waals surface area contributed by atoms with E-state index in [9.17, 15) is 4.79 Å². The molecule has 0 atom stereocenters. The van der Waals surface area contributed by atoms with Gasteiger partial charge in [-0.1, -0.05) is 36.8 Å². The van der Waals surface area contributed by atoms with E-state index in [-0.39, 0.29) is 5.91 Å². The van der Waals surface area contributed by atoms with Crippen molar-refractivity contribution in [2.45, 2.75) is 40.5 Å². The minimum absolute atomic E-state index is 0.0396. The molecule has 0 spiro atoms. The zero-order valence-electron chi connectivity index (χ0n) is 14.5. The monoisotopic (exact) mass is 310 g/mol. The van der Waals surface area contributed by atoms with Gasteiger partial charge in [-0.3, -0.25) is 4.79 Å². The Hall–Kier alpha value is -2.29. The molecule has 2 aromatic rings. The highest BCUT2D eigenvalue weighted by atomic mass is 16.1. The molecule has 23 heavy (non-hydrogen) atoms. The van der Waals surface area contributed by atoms with Crippen molar-refractivity contribution in [3.63, 3.8) is 0 Å². The topological polar surface area (TPSA) is 41.1 Å². The summed E-state index contributed by atoms with van der Waals surface area (Å²) in [6.07, 6.45) is 1.49. The maximum absolute atomic E-state index is 12.1. The Morgan fingerprint density at radius 1 is 1.00 bits per heavy atom. The van der Waals surface area contributed by atoms with E-state index >= 15 is 0 Å². The Kier molecular flexibility index (Phi) is 5.80. The van der Waals surface area contributed by atoms with Gasteiger partial charge in [0.1, 0.15) is 0 Å². The summed E-state index contributed by atoms with van der Waals surface area (Å²) in [6, 6.07) is 12.5. The lowest BCUT2D eigenvalue weighted by Crippen LogP contribution is -2.17. The fraction of sp³-hybridized carbons (Fsp3) is 0.350. The number of hydrogen-bond donors (Lipinski definition) is 2. The standard InChI is InChI=1S/C20H26N2O/c1-5-17-6-8-18(9-7-17)21-11-10-19(23)22-20-15(3)12-14(2)13-16(20)4/h6-9,12-13,21H,5,10-11H2,1-4H3,(H,22,23). The lowest BCUT2D eigenvalue weighted by molar-refractivity contribution is -0.115. The first-order chi connectivity index (χ1) is 11.0. The van der Waals surface area contributed by atoms with Crippen molar-refractivity contribution in [3.8, 4) is 0 Å². The molecule has 0 fully saturated rings. The number of carbonyl (C=O) groups excluding carboxylic acids is 1. The van der Waals surface area contributed by atoms with Gasteiger partial charge >= 0.3 is 0 Å². The smallest absolute Gasteiger partial charge is 0.226 e. The molecule has 1 amide bonds. The molecule has 3 nitrogen and oxygen atoms in total. The van der Waals surface area contributed by atoms with Crippen LogP contribution in [0.5, 0.6) is 0 Å². The predicted molar refractivity (Wildman–Crippen MR) is 98.2 cm³/mol. The van der Waals surface area contributed by atoms with Crippen LogP contribution in [0.3, 0.4) is 0 Å². The average molecular weight is 310 g/mol. The van der Waals surface area contributed by atoms with Crippen molar-refractivity contribution in [2.24, 2.45) is 0 Å². The number of benzene rings is 2. The van der Waals surface area contributed by atoms with E-state index in [2.05, 4.69) is 60.9 Å². The molecule has 0 aromatic heterocycles. The largest absolute Gasteiger partial charge is 0.385 e. The summed E-state index contributed by atoms with van der Waals surface area (Å²) < 4.78 is 0. The van der Waals surface area contributed by atoms with Crippen molar-refractivity contribution < 1.29 is 4.79 Å². The molecule has 0 radical (unpaired) electrons. The van der Waals surface area contributed by atoms with Gasteiger partial charge in [-0.15, -0.1) is 0 Å². The van der Waals surface area contributed by atoms with Crippen LogP contribution in [0, 0.1) is 20.8 Å². The fourth-order valence-electron chi connectivity index (χ4n) is 2.76. The van der Waals surface area contributed by atoms with E-state index < -0.39 is 0 Å². The maximum atomic E-state index is 12.1. The highest BCUT2D eigenvalue weighted by Gasteiger charge is 2.08. The van der Waals surface area contributed by atoms with Gasteiger partial charge in [0.05, 0.1) is 0 Å². The van der Waals surface area contributed by atoms with Gasteiger partial charge in [-0.25, -0.2) is 0 Å². The second-order valence-corrected chi connectivity index (χ2v) is 6.05. The normalized spacial score (nSPS) is 10.4. The van der Waals surface area contributed by atoms with Crippen molar-refractivity contribution in [2.75, 3.05) is 17.2 Å². The van der Waals surface area contributed by atoms with Gasteiger partial charge in [0.15, 0.2) is 0 Å². The summed E-state index contributed by atoms with van der Waals surface area (Å²) in [4.78, 5) is 12.1. The van der Waals surface area contributed by atoms with E-state index in [0.29, 0.717) is 13.0 Å². The van der Waals surface area contributed by atoms with Crippen LogP contribution in [0.15, 0.2) is 36.4 Å². The van der Waals surface area contributed by atoms with Gasteiger partial charge < -0.3 is 10.6 Å². The molecule has 3 heteroatoms. The van der Waals surface area contributed by atoms with Crippen molar-refractivity contribution in [1.82, 2.24) is 0 Å². The second kappa shape index (κ2) is 7.82. The minimum atomic E-state index is 0.0396. The van der Waals surface area contributed by atoms with Crippen molar-refractivity contribution in [1.29, 1.82) is 0 Å². The highest BCUT2D eigenvalue weighted by molar-refractivity contribution is 5.92. The van der Waals surface area contributed by atoms with Gasteiger partial charge in [0.2, 0.25) is 5.91 Å². The lowest BCUT2D eigenvalue weighted by Gasteiger charge is -2.13. The van der Waals surface area contributed by atoms with Crippen LogP contribution < -0.4 is 10.6 Å². The van der Waals surface area contributed by atoms with Gasteiger partial charge in [0.25, 0.3) is 0 Å². The SMILES string of the molecule is CCc1ccc(NCCC(=O)Nc2c(C)cc(C)cc2C)cc1. The van der Waals surface area contributed by atoms with Crippen LogP contribution in [0.25, 0.3) is 0 Å². The van der Waals surface area contributed by atoms with E-state index in [1.165, 1.54) is 11.1 Å². The summed E-state index contributed by atoms with van der Waals surface area (Å²) in [5.41, 5.74) is 6.75. The van der Waals surface area contributed by atoms with E-state index in [0.717, 1.165) is 28.9 Å². The summed E-state index contributed by atoms with van der Waals surface area (Å²) in [7, 11) is 0. The van der Waals surface area contributed by atoms with Crippen LogP contribution in [0.1, 0.15) is 35.6 Å². The van der Waals surface area contributed by atoms with E-state index in [1.807, 2.05) is 13.8 Å². The third kappa shape index (κ3) is 4.85. The van der Waals surface area contributed by atoms with Crippen LogP contribution in [-0.4, -0.2) is 12.5 Å². The Morgan fingerprint density at radius 3 is 2.17 bits per heavy atom. The molecule has 2 aromatic carbocycles. The third-order valence-corrected chi connectivity index (χ3v) is 3.98. The molecule has 0 aliphatic rings. The Balaban J connectivity index is 1.85. The second-order valence-electron chi connectivity index (χ2n) is 6.05. The van der Waals surface area contributed by atoms with Gasteiger partial charge in [-0.2, -0.15) is 0 Å². The number of anilines is 2. The lowest BCUT2D eigenvalue weighted by atomic mass is 10.1. The van der Waals surface area contributed by atoms with Crippen LogP contribution in [0.4, 0.5) is 11.4 Å². The molecule has 0 unspecified atom stereocenters. The number of nitrogens with one attached hydrogen (secondary N) is 2. The first kappa shape index (κ1) is 17.1. The Labute approximate surface area is 139 Å². The first-order valence-electron chi connectivity index (χ1n) is 8.20. The summed E-state index contributed by atoms with van der Waals surface area (Å²) >= 11 is 0. The summed E-state index contributed by atoms with van der Waals surface area (Å²) in [5, 5.41) is 6.32. The van der Waals surface area contributed by atoms with Crippen LogP contribution in [0.2, 0.25) is 0 Å². The first-order valence-corrected chi connectivity index (χ1v) is 8.20. The zero-order valence-corrected chi connectivity index (χ0v) is 14.5. The highest BCUT2D eigenvalue weighted by Crippen LogP contribution is 2.22. The molecule has 0 heterocycles. The van der Waals surface area contributed by atoms with Crippen molar-refractivity contribution >= 4 is 17.3 Å². The summed E-state index contributed by atoms with van der Waals surface area (Å²) in [5.74, 6) is 0.0396. The van der Waals surface area contributed by atoms with E-state index in [4.69, 9.17) is 0 Å².